The number of carboxylic acids is 1. The minimum atomic E-state index is -4.03. The highest BCUT2D eigenvalue weighted by atomic mass is 35.7. The molecule has 0 saturated carbocycles. The molecule has 1 aromatic carbocycles. The van der Waals surface area contributed by atoms with Crippen LogP contribution in [0.2, 0.25) is 0 Å². The molecule has 0 saturated heterocycles. The molecule has 22 heavy (non-hydrogen) atoms. The Morgan fingerprint density at radius 1 is 1.18 bits per heavy atom. The molecule has 1 N–H and O–H groups in total. The van der Waals surface area contributed by atoms with Crippen molar-refractivity contribution in [1.29, 1.82) is 0 Å². The van der Waals surface area contributed by atoms with Crippen LogP contribution in [0, 0.1) is 10.8 Å². The Balaban J connectivity index is 3.02. The molecule has 0 heterocycles. The van der Waals surface area contributed by atoms with E-state index >= 15 is 0 Å². The van der Waals surface area contributed by atoms with Crippen molar-refractivity contribution in [3.05, 3.63) is 35.4 Å². The Labute approximate surface area is 135 Å². The number of carbonyl (C=O) groups is 1. The molecular formula is C15H21ClO5S. The predicted octanol–water partition coefficient (Wildman–Crippen LogP) is 3.48. The molecule has 0 aliphatic heterocycles. The van der Waals surface area contributed by atoms with Gasteiger partial charge in [-0.05, 0) is 28.9 Å². The van der Waals surface area contributed by atoms with Crippen LogP contribution in [0.4, 0.5) is 0 Å². The summed E-state index contributed by atoms with van der Waals surface area (Å²) < 4.78 is 26.7. The fourth-order valence-electron chi connectivity index (χ4n) is 2.01. The molecule has 1 aromatic rings. The molecule has 0 aliphatic carbocycles. The minimum absolute atomic E-state index is 0.0823. The van der Waals surface area contributed by atoms with Crippen molar-refractivity contribution in [1.82, 2.24) is 0 Å². The topological polar surface area (TPSA) is 80.7 Å². The zero-order valence-corrected chi connectivity index (χ0v) is 14.7. The zero-order chi connectivity index (χ0) is 17.2. The number of carboxylic acid groups (broad SMARTS) is 1. The van der Waals surface area contributed by atoms with Crippen molar-refractivity contribution >= 4 is 26.0 Å². The lowest BCUT2D eigenvalue weighted by Gasteiger charge is -2.41. The lowest BCUT2D eigenvalue weighted by atomic mass is 9.65. The van der Waals surface area contributed by atoms with Crippen molar-refractivity contribution in [3.63, 3.8) is 0 Å². The van der Waals surface area contributed by atoms with Crippen LogP contribution in [-0.2, 0) is 19.9 Å². The summed E-state index contributed by atoms with van der Waals surface area (Å²) in [6.45, 7) is 7.52. The standard InChI is InChI=1S/C15H21ClO5S/c1-14(2,15(3,4)10-21-22(16,19)20)9-11-7-5-6-8-12(11)13(17)18/h5-8H,9-10H2,1-4H3,(H,17,18). The SMILES string of the molecule is CC(C)(COS(=O)(=O)Cl)C(C)(C)Cc1ccccc1C(=O)O. The van der Waals surface area contributed by atoms with Gasteiger partial charge >= 0.3 is 15.3 Å². The minimum Gasteiger partial charge on any atom is -0.478 e. The van der Waals surface area contributed by atoms with Crippen LogP contribution in [0.5, 0.6) is 0 Å². The highest BCUT2D eigenvalue weighted by Crippen LogP contribution is 2.42. The Morgan fingerprint density at radius 2 is 1.73 bits per heavy atom. The summed E-state index contributed by atoms with van der Waals surface area (Å²) >= 11 is 0. The van der Waals surface area contributed by atoms with Crippen molar-refractivity contribution < 1.29 is 22.5 Å². The van der Waals surface area contributed by atoms with Crippen molar-refractivity contribution in [2.24, 2.45) is 10.8 Å². The third-order valence-electron chi connectivity index (χ3n) is 4.27. The van der Waals surface area contributed by atoms with Crippen LogP contribution < -0.4 is 0 Å². The lowest BCUT2D eigenvalue weighted by molar-refractivity contribution is 0.0519. The second-order valence-corrected chi connectivity index (χ2v) is 8.72. The van der Waals surface area contributed by atoms with Gasteiger partial charge in [-0.1, -0.05) is 45.9 Å². The van der Waals surface area contributed by atoms with E-state index in [0.29, 0.717) is 12.0 Å². The van der Waals surface area contributed by atoms with Crippen molar-refractivity contribution in [2.45, 2.75) is 34.1 Å². The maximum atomic E-state index is 11.3. The van der Waals surface area contributed by atoms with E-state index in [0.717, 1.165) is 0 Å². The highest BCUT2D eigenvalue weighted by Gasteiger charge is 2.39. The van der Waals surface area contributed by atoms with Crippen LogP contribution >= 0.6 is 10.7 Å². The maximum absolute atomic E-state index is 11.3. The van der Waals surface area contributed by atoms with Gasteiger partial charge in [0, 0.05) is 10.7 Å². The molecule has 0 fully saturated rings. The van der Waals surface area contributed by atoms with Gasteiger partial charge in [0.05, 0.1) is 12.2 Å². The maximum Gasteiger partial charge on any atom is 0.355 e. The summed E-state index contributed by atoms with van der Waals surface area (Å²) in [5.74, 6) is -0.983. The van der Waals surface area contributed by atoms with E-state index in [9.17, 15) is 18.3 Å². The summed E-state index contributed by atoms with van der Waals surface area (Å²) in [6, 6.07) is 6.78. The number of rotatable bonds is 7. The van der Waals surface area contributed by atoms with Gasteiger partial charge in [0.15, 0.2) is 0 Å². The van der Waals surface area contributed by atoms with Crippen LogP contribution in [0.25, 0.3) is 0 Å². The number of aromatic carboxylic acids is 1. The predicted molar refractivity (Wildman–Crippen MR) is 85.4 cm³/mol. The Kier molecular flexibility index (Phi) is 5.65. The fraction of sp³-hybridized carbons (Fsp3) is 0.533. The van der Waals surface area contributed by atoms with Gasteiger partial charge in [-0.3, -0.25) is 4.18 Å². The third-order valence-corrected chi connectivity index (χ3v) is 4.94. The molecule has 0 aliphatic rings. The van der Waals surface area contributed by atoms with Crippen LogP contribution in [0.1, 0.15) is 43.6 Å². The first-order valence-corrected chi connectivity index (χ1v) is 8.99. The average molecular weight is 349 g/mol. The molecule has 5 nitrogen and oxygen atoms in total. The van der Waals surface area contributed by atoms with Gasteiger partial charge in [-0.15, -0.1) is 0 Å². The summed E-state index contributed by atoms with van der Waals surface area (Å²) in [4.78, 5) is 11.3. The summed E-state index contributed by atoms with van der Waals surface area (Å²) in [5.41, 5.74) is -0.0141. The molecule has 0 unspecified atom stereocenters. The second kappa shape index (κ2) is 6.56. The normalized spacial score (nSPS) is 13.1. The number of halogens is 1. The molecule has 0 atom stereocenters. The molecular weight excluding hydrogens is 328 g/mol. The zero-order valence-electron chi connectivity index (χ0n) is 13.1. The highest BCUT2D eigenvalue weighted by molar-refractivity contribution is 8.09. The summed E-state index contributed by atoms with van der Waals surface area (Å²) in [5, 5.41) is 9.25. The molecule has 0 spiro atoms. The van der Waals surface area contributed by atoms with E-state index in [2.05, 4.69) is 0 Å². The molecule has 0 aromatic heterocycles. The molecule has 0 amide bonds. The van der Waals surface area contributed by atoms with Crippen molar-refractivity contribution in [3.8, 4) is 0 Å². The van der Waals surface area contributed by atoms with Gasteiger partial charge in [0.2, 0.25) is 0 Å². The molecule has 1 rings (SSSR count). The fourth-order valence-corrected chi connectivity index (χ4v) is 2.58. The van der Waals surface area contributed by atoms with Gasteiger partial charge in [-0.25, -0.2) is 4.79 Å². The monoisotopic (exact) mass is 348 g/mol. The number of benzene rings is 1. The average Bonchev–Trinajstić information content (AvgIpc) is 2.35. The summed E-state index contributed by atoms with van der Waals surface area (Å²) in [6.07, 6.45) is 0.466. The van der Waals surface area contributed by atoms with Crippen LogP contribution in [-0.4, -0.2) is 26.1 Å². The molecule has 0 radical (unpaired) electrons. The number of hydrogen-bond donors (Lipinski definition) is 1. The first-order valence-electron chi connectivity index (χ1n) is 6.76. The first kappa shape index (κ1) is 18.9. The van der Waals surface area contributed by atoms with E-state index in [1.54, 1.807) is 24.3 Å². The third kappa shape index (κ3) is 4.97. The van der Waals surface area contributed by atoms with E-state index in [1.807, 2.05) is 27.7 Å². The van der Waals surface area contributed by atoms with Crippen molar-refractivity contribution in [2.75, 3.05) is 6.61 Å². The van der Waals surface area contributed by atoms with Gasteiger partial charge in [0.25, 0.3) is 0 Å². The summed E-state index contributed by atoms with van der Waals surface area (Å²) in [7, 11) is 1.05. The second-order valence-electron chi connectivity index (χ2n) is 6.56. The molecule has 0 bridgehead atoms. The van der Waals surface area contributed by atoms with Crippen LogP contribution in [0.15, 0.2) is 24.3 Å². The van der Waals surface area contributed by atoms with Gasteiger partial charge in [-0.2, -0.15) is 8.42 Å². The van der Waals surface area contributed by atoms with Gasteiger partial charge in [0.1, 0.15) is 0 Å². The van der Waals surface area contributed by atoms with Gasteiger partial charge < -0.3 is 5.11 Å². The Hall–Kier alpha value is -1.11. The smallest absolute Gasteiger partial charge is 0.355 e. The van der Waals surface area contributed by atoms with E-state index in [4.69, 9.17) is 14.9 Å². The lowest BCUT2D eigenvalue weighted by Crippen LogP contribution is -2.39. The van der Waals surface area contributed by atoms with E-state index in [-0.39, 0.29) is 12.2 Å². The largest absolute Gasteiger partial charge is 0.478 e. The molecule has 7 heteroatoms. The van der Waals surface area contributed by atoms with E-state index < -0.39 is 26.1 Å². The quantitative estimate of drug-likeness (QED) is 0.763. The Morgan fingerprint density at radius 3 is 2.23 bits per heavy atom. The Bertz CT molecular complexity index is 650. The molecule has 124 valence electrons. The number of hydrogen-bond acceptors (Lipinski definition) is 4. The first-order chi connectivity index (χ1) is 9.86. The van der Waals surface area contributed by atoms with E-state index in [1.165, 1.54) is 0 Å². The van der Waals surface area contributed by atoms with Crippen LogP contribution in [0.3, 0.4) is 0 Å².